The van der Waals surface area contributed by atoms with Crippen LogP contribution in [0.1, 0.15) is 24.7 Å². The molecule has 1 N–H and O–H groups in total. The molecule has 0 unspecified atom stereocenters. The summed E-state index contributed by atoms with van der Waals surface area (Å²) in [6.45, 7) is 4.20. The summed E-state index contributed by atoms with van der Waals surface area (Å²) in [5, 5.41) is 2.77. The van der Waals surface area contributed by atoms with Crippen molar-refractivity contribution in [3.05, 3.63) is 54.0 Å². The Balaban J connectivity index is 1.87. The van der Waals surface area contributed by atoms with Crippen LogP contribution in [0, 0.1) is 6.92 Å². The molecule has 2 amide bonds. The monoisotopic (exact) mass is 300 g/mol. The first-order valence-corrected chi connectivity index (χ1v) is 7.20. The largest absolute Gasteiger partial charge is 0.467 e. The number of amides is 2. The highest BCUT2D eigenvalue weighted by Gasteiger charge is 2.13. The lowest BCUT2D eigenvalue weighted by Gasteiger charge is -2.21. The molecule has 1 heterocycles. The van der Waals surface area contributed by atoms with Gasteiger partial charge in [-0.1, -0.05) is 17.7 Å². The second-order valence-electron chi connectivity index (χ2n) is 5.11. The lowest BCUT2D eigenvalue weighted by atomic mass is 10.2. The van der Waals surface area contributed by atoms with Crippen LogP contribution < -0.4 is 10.2 Å². The van der Waals surface area contributed by atoms with Gasteiger partial charge in [0.05, 0.1) is 12.8 Å². The van der Waals surface area contributed by atoms with Gasteiger partial charge < -0.3 is 14.6 Å². The van der Waals surface area contributed by atoms with Gasteiger partial charge in [0.1, 0.15) is 5.76 Å². The number of rotatable bonds is 6. The Bertz CT molecular complexity index is 618. The molecule has 1 aromatic heterocycles. The number of benzene rings is 1. The van der Waals surface area contributed by atoms with Gasteiger partial charge in [-0.15, -0.1) is 0 Å². The summed E-state index contributed by atoms with van der Waals surface area (Å²) in [5.74, 6) is 0.507. The van der Waals surface area contributed by atoms with E-state index in [9.17, 15) is 9.59 Å². The van der Waals surface area contributed by atoms with Gasteiger partial charge in [-0.3, -0.25) is 9.59 Å². The van der Waals surface area contributed by atoms with Gasteiger partial charge in [0.25, 0.3) is 0 Å². The Hall–Kier alpha value is -2.56. The van der Waals surface area contributed by atoms with Crippen molar-refractivity contribution in [2.45, 2.75) is 26.8 Å². The number of carbonyl (C=O) groups is 2. The zero-order valence-corrected chi connectivity index (χ0v) is 12.8. The Morgan fingerprint density at radius 2 is 1.91 bits per heavy atom. The topological polar surface area (TPSA) is 62.6 Å². The molecule has 116 valence electrons. The van der Waals surface area contributed by atoms with Crippen LogP contribution in [0.3, 0.4) is 0 Å². The van der Waals surface area contributed by atoms with Crippen molar-refractivity contribution in [3.63, 3.8) is 0 Å². The van der Waals surface area contributed by atoms with E-state index in [1.54, 1.807) is 23.3 Å². The Morgan fingerprint density at radius 3 is 2.50 bits per heavy atom. The maximum atomic E-state index is 11.9. The van der Waals surface area contributed by atoms with E-state index in [1.807, 2.05) is 31.2 Å². The Kier molecular flexibility index (Phi) is 5.36. The molecule has 0 saturated heterocycles. The van der Waals surface area contributed by atoms with E-state index in [0.29, 0.717) is 18.8 Å². The predicted molar refractivity (Wildman–Crippen MR) is 84.4 cm³/mol. The molecule has 5 nitrogen and oxygen atoms in total. The van der Waals surface area contributed by atoms with Crippen molar-refractivity contribution < 1.29 is 14.0 Å². The standard InChI is InChI=1S/C17H20N2O3/c1-13-5-7-15(8-6-13)19(14(2)20)10-9-17(21)18-12-16-4-3-11-22-16/h3-8,11H,9-10,12H2,1-2H3,(H,18,21). The molecule has 0 saturated carbocycles. The van der Waals surface area contributed by atoms with Gasteiger partial charge in [-0.05, 0) is 31.2 Å². The van der Waals surface area contributed by atoms with Gasteiger partial charge in [-0.25, -0.2) is 0 Å². The molecular formula is C17H20N2O3. The number of hydrogen-bond acceptors (Lipinski definition) is 3. The fourth-order valence-electron chi connectivity index (χ4n) is 2.09. The first kappa shape index (κ1) is 15.8. The third kappa shape index (κ3) is 4.48. The smallest absolute Gasteiger partial charge is 0.223 e. The lowest BCUT2D eigenvalue weighted by Crippen LogP contribution is -2.33. The highest BCUT2D eigenvalue weighted by molar-refractivity contribution is 5.92. The summed E-state index contributed by atoms with van der Waals surface area (Å²) in [4.78, 5) is 25.2. The van der Waals surface area contributed by atoms with Crippen LogP contribution in [0.4, 0.5) is 5.69 Å². The summed E-state index contributed by atoms with van der Waals surface area (Å²) in [6.07, 6.45) is 1.81. The van der Waals surface area contributed by atoms with E-state index in [1.165, 1.54) is 6.92 Å². The van der Waals surface area contributed by atoms with Crippen LogP contribution in [0.15, 0.2) is 47.1 Å². The minimum atomic E-state index is -0.116. The highest BCUT2D eigenvalue weighted by Crippen LogP contribution is 2.15. The van der Waals surface area contributed by atoms with E-state index < -0.39 is 0 Å². The van der Waals surface area contributed by atoms with Crippen LogP contribution >= 0.6 is 0 Å². The molecule has 1 aromatic carbocycles. The minimum absolute atomic E-state index is 0.0808. The zero-order chi connectivity index (χ0) is 15.9. The first-order valence-electron chi connectivity index (χ1n) is 7.20. The summed E-state index contributed by atoms with van der Waals surface area (Å²) in [6, 6.07) is 11.2. The molecule has 0 aliphatic heterocycles. The number of nitrogens with one attached hydrogen (secondary N) is 1. The van der Waals surface area contributed by atoms with E-state index in [0.717, 1.165) is 11.3 Å². The SMILES string of the molecule is CC(=O)N(CCC(=O)NCc1ccco1)c1ccc(C)cc1. The summed E-state index contributed by atoms with van der Waals surface area (Å²) < 4.78 is 5.15. The van der Waals surface area contributed by atoms with Crippen LogP contribution in [0.25, 0.3) is 0 Å². The second kappa shape index (κ2) is 7.45. The third-order valence-electron chi connectivity index (χ3n) is 3.33. The molecule has 0 radical (unpaired) electrons. The summed E-state index contributed by atoms with van der Waals surface area (Å²) in [7, 11) is 0. The highest BCUT2D eigenvalue weighted by atomic mass is 16.3. The van der Waals surface area contributed by atoms with Crippen molar-refractivity contribution in [1.29, 1.82) is 0 Å². The minimum Gasteiger partial charge on any atom is -0.467 e. The van der Waals surface area contributed by atoms with Crippen LogP contribution in [-0.4, -0.2) is 18.4 Å². The lowest BCUT2D eigenvalue weighted by molar-refractivity contribution is -0.121. The normalized spacial score (nSPS) is 10.3. The number of furan rings is 1. The molecule has 5 heteroatoms. The molecule has 2 rings (SSSR count). The second-order valence-corrected chi connectivity index (χ2v) is 5.11. The first-order chi connectivity index (χ1) is 10.6. The molecule has 0 atom stereocenters. The molecular weight excluding hydrogens is 280 g/mol. The Morgan fingerprint density at radius 1 is 1.18 bits per heavy atom. The van der Waals surface area contributed by atoms with Gasteiger partial charge in [0, 0.05) is 25.6 Å². The number of hydrogen-bond donors (Lipinski definition) is 1. The zero-order valence-electron chi connectivity index (χ0n) is 12.8. The molecule has 0 fully saturated rings. The Labute approximate surface area is 129 Å². The molecule has 0 aliphatic carbocycles. The van der Waals surface area contributed by atoms with Crippen molar-refractivity contribution in [1.82, 2.24) is 5.32 Å². The molecule has 0 spiro atoms. The van der Waals surface area contributed by atoms with Crippen molar-refractivity contribution in [2.75, 3.05) is 11.4 Å². The predicted octanol–water partition coefficient (Wildman–Crippen LogP) is 2.65. The average molecular weight is 300 g/mol. The summed E-state index contributed by atoms with van der Waals surface area (Å²) in [5.41, 5.74) is 1.93. The van der Waals surface area contributed by atoms with Gasteiger partial charge in [0.2, 0.25) is 11.8 Å². The fourth-order valence-corrected chi connectivity index (χ4v) is 2.09. The fraction of sp³-hybridized carbons (Fsp3) is 0.294. The van der Waals surface area contributed by atoms with E-state index in [4.69, 9.17) is 4.42 Å². The average Bonchev–Trinajstić information content (AvgIpc) is 3.00. The van der Waals surface area contributed by atoms with Gasteiger partial charge in [-0.2, -0.15) is 0 Å². The van der Waals surface area contributed by atoms with Crippen LogP contribution in [-0.2, 0) is 16.1 Å². The van der Waals surface area contributed by atoms with E-state index in [2.05, 4.69) is 5.32 Å². The molecule has 2 aromatic rings. The van der Waals surface area contributed by atoms with Crippen LogP contribution in [0.2, 0.25) is 0 Å². The van der Waals surface area contributed by atoms with Crippen molar-refractivity contribution in [2.24, 2.45) is 0 Å². The van der Waals surface area contributed by atoms with Crippen LogP contribution in [0.5, 0.6) is 0 Å². The maximum Gasteiger partial charge on any atom is 0.223 e. The number of anilines is 1. The van der Waals surface area contributed by atoms with E-state index in [-0.39, 0.29) is 18.2 Å². The third-order valence-corrected chi connectivity index (χ3v) is 3.33. The quantitative estimate of drug-likeness (QED) is 0.892. The maximum absolute atomic E-state index is 11.9. The van der Waals surface area contributed by atoms with Gasteiger partial charge in [0.15, 0.2) is 0 Å². The van der Waals surface area contributed by atoms with Crippen molar-refractivity contribution >= 4 is 17.5 Å². The number of nitrogens with zero attached hydrogens (tertiary/aromatic N) is 1. The molecule has 0 aliphatic rings. The molecule has 0 bridgehead atoms. The number of carbonyl (C=O) groups excluding carboxylic acids is 2. The van der Waals surface area contributed by atoms with Crippen molar-refractivity contribution in [3.8, 4) is 0 Å². The van der Waals surface area contributed by atoms with Gasteiger partial charge >= 0.3 is 0 Å². The van der Waals surface area contributed by atoms with E-state index >= 15 is 0 Å². The summed E-state index contributed by atoms with van der Waals surface area (Å²) >= 11 is 0. The number of aryl methyl sites for hydroxylation is 1. The molecule has 22 heavy (non-hydrogen) atoms.